The molecule has 1 aliphatic heterocycles. The standard InChI is InChI=1S/C23H26N4O4/c28-22(24-16-19-8-4-14-30-19)23(29)25-17-20(21-9-5-15-31-21)27-12-10-26(11-13-27)18-6-2-1-3-7-18/h1-9,14-15,20H,10-13,16-17H2,(H,24,28)(H,25,29)/t20-/m0/s1. The molecule has 0 bridgehead atoms. The van der Waals surface area contributed by atoms with E-state index in [0.29, 0.717) is 5.76 Å². The molecule has 1 saturated heterocycles. The molecule has 1 fully saturated rings. The molecular formula is C23H26N4O4. The number of amides is 2. The highest BCUT2D eigenvalue weighted by Gasteiger charge is 2.28. The van der Waals surface area contributed by atoms with Crippen LogP contribution in [0.25, 0.3) is 0 Å². The Bertz CT molecular complexity index is 949. The van der Waals surface area contributed by atoms with Crippen molar-refractivity contribution in [1.82, 2.24) is 15.5 Å². The van der Waals surface area contributed by atoms with Crippen LogP contribution in [0.4, 0.5) is 5.69 Å². The fourth-order valence-corrected chi connectivity index (χ4v) is 3.75. The van der Waals surface area contributed by atoms with Crippen LogP contribution in [0.15, 0.2) is 76.0 Å². The van der Waals surface area contributed by atoms with E-state index in [1.54, 1.807) is 18.4 Å². The van der Waals surface area contributed by atoms with Crippen molar-refractivity contribution in [3.63, 3.8) is 0 Å². The van der Waals surface area contributed by atoms with E-state index < -0.39 is 11.8 Å². The Morgan fingerprint density at radius 1 is 0.839 bits per heavy atom. The summed E-state index contributed by atoms with van der Waals surface area (Å²) in [5.41, 5.74) is 1.21. The molecule has 1 aromatic carbocycles. The number of carbonyl (C=O) groups is 2. The SMILES string of the molecule is O=C(NCc1ccco1)C(=O)NC[C@@H](c1ccco1)N1CCN(c2ccccc2)CC1. The topological polar surface area (TPSA) is 91.0 Å². The Morgan fingerprint density at radius 2 is 1.55 bits per heavy atom. The summed E-state index contributed by atoms with van der Waals surface area (Å²) in [6.45, 7) is 3.84. The van der Waals surface area contributed by atoms with Gasteiger partial charge in [0.05, 0.1) is 25.1 Å². The summed E-state index contributed by atoms with van der Waals surface area (Å²) < 4.78 is 10.8. The number of nitrogens with zero attached hydrogens (tertiary/aromatic N) is 2. The number of carbonyl (C=O) groups excluding carboxylic acids is 2. The van der Waals surface area contributed by atoms with Crippen LogP contribution >= 0.6 is 0 Å². The zero-order chi connectivity index (χ0) is 21.5. The van der Waals surface area contributed by atoms with Crippen molar-refractivity contribution >= 4 is 17.5 Å². The molecule has 0 spiro atoms. The average molecular weight is 422 g/mol. The lowest BCUT2D eigenvalue weighted by atomic mass is 10.1. The van der Waals surface area contributed by atoms with Gasteiger partial charge in [0.1, 0.15) is 11.5 Å². The summed E-state index contributed by atoms with van der Waals surface area (Å²) in [5, 5.41) is 5.30. The predicted octanol–water partition coefficient (Wildman–Crippen LogP) is 2.17. The Morgan fingerprint density at radius 3 is 2.23 bits per heavy atom. The second-order valence-corrected chi connectivity index (χ2v) is 7.36. The molecule has 8 heteroatoms. The molecule has 1 atom stereocenters. The minimum atomic E-state index is -0.691. The van der Waals surface area contributed by atoms with Crippen LogP contribution in [0.5, 0.6) is 0 Å². The maximum atomic E-state index is 12.3. The summed E-state index contributed by atoms with van der Waals surface area (Å²) >= 11 is 0. The molecule has 31 heavy (non-hydrogen) atoms. The van der Waals surface area contributed by atoms with Gasteiger partial charge in [-0.3, -0.25) is 14.5 Å². The van der Waals surface area contributed by atoms with E-state index in [2.05, 4.69) is 32.6 Å². The zero-order valence-electron chi connectivity index (χ0n) is 17.2. The van der Waals surface area contributed by atoms with E-state index in [-0.39, 0.29) is 19.1 Å². The van der Waals surface area contributed by atoms with E-state index in [4.69, 9.17) is 8.83 Å². The summed E-state index contributed by atoms with van der Waals surface area (Å²) in [6.07, 6.45) is 3.15. The second kappa shape index (κ2) is 9.99. The van der Waals surface area contributed by atoms with Crippen molar-refractivity contribution in [2.24, 2.45) is 0 Å². The van der Waals surface area contributed by atoms with E-state index in [1.165, 1.54) is 12.0 Å². The molecule has 2 N–H and O–H groups in total. The number of para-hydroxylation sites is 1. The molecule has 4 rings (SSSR count). The van der Waals surface area contributed by atoms with Gasteiger partial charge in [-0.15, -0.1) is 0 Å². The van der Waals surface area contributed by atoms with Gasteiger partial charge in [-0.05, 0) is 36.4 Å². The predicted molar refractivity (Wildman–Crippen MR) is 115 cm³/mol. The lowest BCUT2D eigenvalue weighted by Crippen LogP contribution is -2.50. The van der Waals surface area contributed by atoms with Crippen LogP contribution in [-0.4, -0.2) is 49.4 Å². The summed E-state index contributed by atoms with van der Waals surface area (Å²) in [4.78, 5) is 29.0. The highest BCUT2D eigenvalue weighted by Crippen LogP contribution is 2.24. The fourth-order valence-electron chi connectivity index (χ4n) is 3.75. The first-order valence-corrected chi connectivity index (χ1v) is 10.4. The highest BCUT2D eigenvalue weighted by molar-refractivity contribution is 6.35. The largest absolute Gasteiger partial charge is 0.468 e. The average Bonchev–Trinajstić information content (AvgIpc) is 3.53. The first kappa shape index (κ1) is 20.7. The summed E-state index contributed by atoms with van der Waals surface area (Å²) in [7, 11) is 0. The number of furan rings is 2. The molecule has 2 amide bonds. The van der Waals surface area contributed by atoms with Crippen LogP contribution in [0.1, 0.15) is 17.6 Å². The van der Waals surface area contributed by atoms with Gasteiger partial charge in [0.2, 0.25) is 0 Å². The van der Waals surface area contributed by atoms with Crippen molar-refractivity contribution in [3.8, 4) is 0 Å². The molecule has 3 aromatic rings. The minimum absolute atomic E-state index is 0.144. The van der Waals surface area contributed by atoms with Crippen molar-refractivity contribution in [2.75, 3.05) is 37.6 Å². The molecule has 0 radical (unpaired) electrons. The number of benzene rings is 1. The molecule has 0 unspecified atom stereocenters. The van der Waals surface area contributed by atoms with E-state index >= 15 is 0 Å². The number of piperazine rings is 1. The molecule has 3 heterocycles. The third-order valence-electron chi connectivity index (χ3n) is 5.41. The first-order valence-electron chi connectivity index (χ1n) is 10.4. The lowest BCUT2D eigenvalue weighted by molar-refractivity contribution is -0.139. The number of hydrogen-bond donors (Lipinski definition) is 2. The number of hydrogen-bond acceptors (Lipinski definition) is 6. The number of rotatable bonds is 7. The summed E-state index contributed by atoms with van der Waals surface area (Å²) in [6, 6.07) is 17.4. The van der Waals surface area contributed by atoms with Gasteiger partial charge < -0.3 is 24.4 Å². The van der Waals surface area contributed by atoms with Crippen LogP contribution < -0.4 is 15.5 Å². The third-order valence-corrected chi connectivity index (χ3v) is 5.41. The maximum absolute atomic E-state index is 12.3. The minimum Gasteiger partial charge on any atom is -0.468 e. The van der Waals surface area contributed by atoms with E-state index in [1.807, 2.05) is 30.3 Å². The number of nitrogens with one attached hydrogen (secondary N) is 2. The smallest absolute Gasteiger partial charge is 0.309 e. The molecular weight excluding hydrogens is 396 g/mol. The van der Waals surface area contributed by atoms with Crippen molar-refractivity contribution < 1.29 is 18.4 Å². The molecule has 162 valence electrons. The molecule has 8 nitrogen and oxygen atoms in total. The normalized spacial score (nSPS) is 15.4. The molecule has 0 aliphatic carbocycles. The van der Waals surface area contributed by atoms with Crippen LogP contribution in [0, 0.1) is 0 Å². The number of anilines is 1. The highest BCUT2D eigenvalue weighted by atomic mass is 16.3. The molecule has 1 aliphatic rings. The quantitative estimate of drug-likeness (QED) is 0.567. The van der Waals surface area contributed by atoms with Gasteiger partial charge >= 0.3 is 11.8 Å². The molecule has 2 aromatic heterocycles. The van der Waals surface area contributed by atoms with Crippen molar-refractivity contribution in [3.05, 3.63) is 78.6 Å². The summed E-state index contributed by atoms with van der Waals surface area (Å²) in [5.74, 6) is -0.00937. The van der Waals surface area contributed by atoms with Gasteiger partial charge in [-0.2, -0.15) is 0 Å². The fraction of sp³-hybridized carbons (Fsp3) is 0.304. The van der Waals surface area contributed by atoms with Crippen LogP contribution in [0.3, 0.4) is 0 Å². The lowest BCUT2D eigenvalue weighted by Gasteiger charge is -2.39. The zero-order valence-corrected chi connectivity index (χ0v) is 17.2. The van der Waals surface area contributed by atoms with Gasteiger partial charge in [0.15, 0.2) is 0 Å². The maximum Gasteiger partial charge on any atom is 0.309 e. The first-order chi connectivity index (χ1) is 15.2. The van der Waals surface area contributed by atoms with Crippen molar-refractivity contribution in [1.29, 1.82) is 0 Å². The van der Waals surface area contributed by atoms with Crippen LogP contribution in [0.2, 0.25) is 0 Å². The van der Waals surface area contributed by atoms with Crippen molar-refractivity contribution in [2.45, 2.75) is 12.6 Å². The van der Waals surface area contributed by atoms with E-state index in [0.717, 1.165) is 31.9 Å². The molecule has 0 saturated carbocycles. The Hall–Kier alpha value is -3.52. The van der Waals surface area contributed by atoms with Gasteiger partial charge in [-0.25, -0.2) is 0 Å². The third kappa shape index (κ3) is 5.35. The van der Waals surface area contributed by atoms with Gasteiger partial charge in [0.25, 0.3) is 0 Å². The van der Waals surface area contributed by atoms with Gasteiger partial charge in [-0.1, -0.05) is 18.2 Å². The second-order valence-electron chi connectivity index (χ2n) is 7.36. The van der Waals surface area contributed by atoms with E-state index in [9.17, 15) is 9.59 Å². The van der Waals surface area contributed by atoms with Gasteiger partial charge in [0, 0.05) is 38.4 Å². The Balaban J connectivity index is 1.32. The monoisotopic (exact) mass is 422 g/mol. The Kier molecular flexibility index (Phi) is 6.68. The van der Waals surface area contributed by atoms with Crippen LogP contribution in [-0.2, 0) is 16.1 Å². The Labute approximate surface area is 180 Å².